The fraction of sp³-hybridized carbons (Fsp3) is 0.588. The van der Waals surface area contributed by atoms with Crippen molar-refractivity contribution in [3.05, 3.63) is 29.3 Å². The van der Waals surface area contributed by atoms with E-state index in [-0.39, 0.29) is 23.4 Å². The summed E-state index contributed by atoms with van der Waals surface area (Å²) in [5, 5.41) is 3.18. The van der Waals surface area contributed by atoms with Crippen LogP contribution in [0.15, 0.2) is 23.1 Å². The highest BCUT2D eigenvalue weighted by molar-refractivity contribution is 7.89. The van der Waals surface area contributed by atoms with Gasteiger partial charge in [-0.2, -0.15) is 4.31 Å². The van der Waals surface area contributed by atoms with E-state index in [2.05, 4.69) is 5.32 Å². The van der Waals surface area contributed by atoms with Crippen molar-refractivity contribution in [3.8, 4) is 0 Å². The standard InChI is InChI=1S/C17H27N3O3S/c1-13-7-8-16(10-14(13)2)24(22,23)19(4)12-17(21)20-9-5-6-15(11-20)18-3/h7-8,10,15,18H,5-6,9,11-12H2,1-4H3. The molecule has 0 radical (unpaired) electrons. The van der Waals surface area contributed by atoms with Crippen molar-refractivity contribution in [1.82, 2.24) is 14.5 Å². The van der Waals surface area contributed by atoms with Crippen LogP contribution < -0.4 is 5.32 Å². The molecule has 6 nitrogen and oxygen atoms in total. The largest absolute Gasteiger partial charge is 0.340 e. The molecular formula is C17H27N3O3S. The van der Waals surface area contributed by atoms with Gasteiger partial charge in [-0.3, -0.25) is 4.79 Å². The zero-order valence-corrected chi connectivity index (χ0v) is 15.7. The number of aryl methyl sites for hydroxylation is 2. The van der Waals surface area contributed by atoms with Crippen molar-refractivity contribution in [2.75, 3.05) is 33.7 Å². The molecule has 1 N–H and O–H groups in total. The molecule has 1 aliphatic heterocycles. The van der Waals surface area contributed by atoms with Crippen molar-refractivity contribution in [3.63, 3.8) is 0 Å². The number of nitrogens with one attached hydrogen (secondary N) is 1. The van der Waals surface area contributed by atoms with Crippen LogP contribution in [0.3, 0.4) is 0 Å². The van der Waals surface area contributed by atoms with Crippen molar-refractivity contribution in [1.29, 1.82) is 0 Å². The molecule has 1 heterocycles. The molecule has 0 aromatic heterocycles. The zero-order valence-electron chi connectivity index (χ0n) is 14.9. The Kier molecular flexibility index (Phi) is 6.01. The van der Waals surface area contributed by atoms with Crippen LogP contribution in [0.25, 0.3) is 0 Å². The predicted molar refractivity (Wildman–Crippen MR) is 94.4 cm³/mol. The van der Waals surface area contributed by atoms with Crippen LogP contribution in [0.4, 0.5) is 0 Å². The molecule has 7 heteroatoms. The third-order valence-electron chi connectivity index (χ3n) is 4.73. The molecule has 0 spiro atoms. The average molecular weight is 353 g/mol. The van der Waals surface area contributed by atoms with Gasteiger partial charge in [0, 0.05) is 26.2 Å². The van der Waals surface area contributed by atoms with E-state index in [1.807, 2.05) is 20.9 Å². The summed E-state index contributed by atoms with van der Waals surface area (Å²) in [6, 6.07) is 5.32. The molecule has 1 aromatic rings. The van der Waals surface area contributed by atoms with E-state index in [1.54, 1.807) is 23.1 Å². The summed E-state index contributed by atoms with van der Waals surface area (Å²) in [6.07, 6.45) is 1.97. The molecule has 0 aliphatic carbocycles. The Morgan fingerprint density at radius 1 is 1.33 bits per heavy atom. The summed E-state index contributed by atoms with van der Waals surface area (Å²) in [6.45, 7) is 5.01. The number of sulfonamides is 1. The van der Waals surface area contributed by atoms with E-state index in [1.165, 1.54) is 7.05 Å². The second-order valence-electron chi connectivity index (χ2n) is 6.47. The monoisotopic (exact) mass is 353 g/mol. The highest BCUT2D eigenvalue weighted by Crippen LogP contribution is 2.18. The van der Waals surface area contributed by atoms with Crippen molar-refractivity contribution in [2.45, 2.75) is 37.6 Å². The molecule has 134 valence electrons. The van der Waals surface area contributed by atoms with Crippen LogP contribution in [0.1, 0.15) is 24.0 Å². The van der Waals surface area contributed by atoms with Gasteiger partial charge >= 0.3 is 0 Å². The third-order valence-corrected chi connectivity index (χ3v) is 6.53. The fourth-order valence-electron chi connectivity index (χ4n) is 2.87. The molecule has 0 bridgehead atoms. The number of carbonyl (C=O) groups excluding carboxylic acids is 1. The predicted octanol–water partition coefficient (Wildman–Crippen LogP) is 1.13. The van der Waals surface area contributed by atoms with E-state index < -0.39 is 10.0 Å². The number of likely N-dealkylation sites (tertiary alicyclic amines) is 1. The van der Waals surface area contributed by atoms with Gasteiger partial charge in [0.05, 0.1) is 11.4 Å². The first-order chi connectivity index (χ1) is 11.3. The molecule has 1 fully saturated rings. The van der Waals surface area contributed by atoms with E-state index in [0.717, 1.165) is 28.3 Å². The summed E-state index contributed by atoms with van der Waals surface area (Å²) in [4.78, 5) is 14.4. The smallest absolute Gasteiger partial charge is 0.243 e. The Morgan fingerprint density at radius 2 is 2.04 bits per heavy atom. The molecule has 1 aromatic carbocycles. The van der Waals surface area contributed by atoms with Crippen molar-refractivity contribution in [2.24, 2.45) is 0 Å². The number of piperidine rings is 1. The first-order valence-electron chi connectivity index (χ1n) is 8.24. The molecule has 1 amide bonds. The zero-order chi connectivity index (χ0) is 17.9. The summed E-state index contributed by atoms with van der Waals surface area (Å²) in [7, 11) is -0.317. The number of carbonyl (C=O) groups is 1. The van der Waals surface area contributed by atoms with Gasteiger partial charge in [-0.1, -0.05) is 6.07 Å². The summed E-state index contributed by atoms with van der Waals surface area (Å²) >= 11 is 0. The minimum atomic E-state index is -3.66. The average Bonchev–Trinajstić information content (AvgIpc) is 2.57. The van der Waals surface area contributed by atoms with Crippen LogP contribution in [0.2, 0.25) is 0 Å². The quantitative estimate of drug-likeness (QED) is 0.862. The van der Waals surface area contributed by atoms with E-state index in [4.69, 9.17) is 0 Å². The summed E-state index contributed by atoms with van der Waals surface area (Å²) in [5.74, 6) is -0.148. The van der Waals surface area contributed by atoms with Gasteiger partial charge in [0.25, 0.3) is 0 Å². The fourth-order valence-corrected chi connectivity index (χ4v) is 4.08. The third kappa shape index (κ3) is 4.15. The highest BCUT2D eigenvalue weighted by atomic mass is 32.2. The molecule has 2 rings (SSSR count). The van der Waals surface area contributed by atoms with Crippen LogP contribution in [-0.4, -0.2) is 63.3 Å². The minimum absolute atomic E-state index is 0.133. The number of likely N-dealkylation sites (N-methyl/N-ethyl adjacent to an activating group) is 2. The Labute approximate surface area is 144 Å². The van der Waals surface area contributed by atoms with Gasteiger partial charge in [-0.15, -0.1) is 0 Å². The number of hydrogen-bond donors (Lipinski definition) is 1. The number of amides is 1. The van der Waals surface area contributed by atoms with Crippen molar-refractivity contribution < 1.29 is 13.2 Å². The lowest BCUT2D eigenvalue weighted by Crippen LogP contribution is -2.50. The lowest BCUT2D eigenvalue weighted by atomic mass is 10.1. The molecule has 1 saturated heterocycles. The lowest BCUT2D eigenvalue weighted by Gasteiger charge is -2.33. The highest BCUT2D eigenvalue weighted by Gasteiger charge is 2.28. The molecule has 1 unspecified atom stereocenters. The maximum absolute atomic E-state index is 12.7. The second-order valence-corrected chi connectivity index (χ2v) is 8.52. The van der Waals surface area contributed by atoms with Gasteiger partial charge in [0.15, 0.2) is 0 Å². The van der Waals surface area contributed by atoms with Gasteiger partial charge in [0.2, 0.25) is 15.9 Å². The van der Waals surface area contributed by atoms with E-state index in [9.17, 15) is 13.2 Å². The van der Waals surface area contributed by atoms with Gasteiger partial charge in [-0.05, 0) is 57.0 Å². The maximum atomic E-state index is 12.7. The Balaban J connectivity index is 2.08. The molecule has 1 aliphatic rings. The van der Waals surface area contributed by atoms with Gasteiger partial charge in [0.1, 0.15) is 0 Å². The Bertz CT molecular complexity index is 703. The maximum Gasteiger partial charge on any atom is 0.243 e. The number of rotatable bonds is 5. The Morgan fingerprint density at radius 3 is 2.67 bits per heavy atom. The number of benzene rings is 1. The van der Waals surface area contributed by atoms with Crippen molar-refractivity contribution >= 4 is 15.9 Å². The van der Waals surface area contributed by atoms with Crippen LogP contribution in [0, 0.1) is 13.8 Å². The molecule has 0 saturated carbocycles. The topological polar surface area (TPSA) is 69.7 Å². The normalized spacial score (nSPS) is 18.9. The van der Waals surface area contributed by atoms with Crippen LogP contribution >= 0.6 is 0 Å². The second kappa shape index (κ2) is 7.63. The molecule has 24 heavy (non-hydrogen) atoms. The molecule has 1 atom stereocenters. The lowest BCUT2D eigenvalue weighted by molar-refractivity contribution is -0.132. The SMILES string of the molecule is CNC1CCCN(C(=O)CN(C)S(=O)(=O)c2ccc(C)c(C)c2)C1. The summed E-state index contributed by atoms with van der Waals surface area (Å²) < 4.78 is 26.5. The first kappa shape index (κ1) is 18.9. The minimum Gasteiger partial charge on any atom is -0.340 e. The number of nitrogens with zero attached hydrogens (tertiary/aromatic N) is 2. The van der Waals surface area contributed by atoms with Gasteiger partial charge < -0.3 is 10.2 Å². The van der Waals surface area contributed by atoms with Crippen LogP contribution in [0.5, 0.6) is 0 Å². The Hall–Kier alpha value is -1.44. The van der Waals surface area contributed by atoms with E-state index >= 15 is 0 Å². The van der Waals surface area contributed by atoms with Crippen LogP contribution in [-0.2, 0) is 14.8 Å². The van der Waals surface area contributed by atoms with E-state index in [0.29, 0.717) is 13.1 Å². The number of hydrogen-bond acceptors (Lipinski definition) is 4. The van der Waals surface area contributed by atoms with Gasteiger partial charge in [-0.25, -0.2) is 8.42 Å². The summed E-state index contributed by atoms with van der Waals surface area (Å²) in [5.41, 5.74) is 1.96. The first-order valence-corrected chi connectivity index (χ1v) is 9.68. The molecular weight excluding hydrogens is 326 g/mol.